The van der Waals surface area contributed by atoms with E-state index >= 15 is 0 Å². The van der Waals surface area contributed by atoms with Gasteiger partial charge >= 0.3 is 0 Å². The molecule has 10 atom stereocenters. The number of ketones is 2. The van der Waals surface area contributed by atoms with Crippen molar-refractivity contribution in [2.75, 3.05) is 28.2 Å². The lowest BCUT2D eigenvalue weighted by molar-refractivity contribution is -0.323. The van der Waals surface area contributed by atoms with E-state index in [2.05, 4.69) is 0 Å². The van der Waals surface area contributed by atoms with Crippen LogP contribution in [0.5, 0.6) is 17.2 Å². The fourth-order valence-corrected chi connectivity index (χ4v) is 8.15. The number of carbonyl (C=O) groups is 2. The largest absolute Gasteiger partial charge is 0.507 e. The lowest BCUT2D eigenvalue weighted by Crippen LogP contribution is -2.57. The van der Waals surface area contributed by atoms with E-state index in [0.29, 0.717) is 12.8 Å². The zero-order valence-corrected chi connectivity index (χ0v) is 29.0. The van der Waals surface area contributed by atoms with Gasteiger partial charge in [0.2, 0.25) is 5.78 Å². The van der Waals surface area contributed by atoms with Crippen LogP contribution in [0.3, 0.4) is 0 Å². The highest BCUT2D eigenvalue weighted by Crippen LogP contribution is 2.55. The molecule has 0 spiro atoms. The van der Waals surface area contributed by atoms with Gasteiger partial charge in [-0.15, -0.1) is 0 Å². The van der Waals surface area contributed by atoms with Gasteiger partial charge in [0, 0.05) is 41.6 Å². The van der Waals surface area contributed by atoms with Crippen LogP contribution in [0, 0.1) is 0 Å². The molecule has 268 valence electrons. The second-order valence-electron chi connectivity index (χ2n) is 14.3. The van der Waals surface area contributed by atoms with Gasteiger partial charge in [0.25, 0.3) is 0 Å². The van der Waals surface area contributed by atoms with Crippen molar-refractivity contribution in [2.45, 2.75) is 114 Å². The Morgan fingerprint density at radius 1 is 0.837 bits per heavy atom. The Labute approximate surface area is 285 Å². The van der Waals surface area contributed by atoms with Crippen LogP contribution < -0.4 is 0 Å². The number of hydrogen-bond donors (Lipinski definition) is 5. The number of nitrogens with zero attached hydrogens (tertiary/aromatic N) is 2. The molecule has 2 fully saturated rings. The van der Waals surface area contributed by atoms with Crippen LogP contribution in [0.25, 0.3) is 0 Å². The van der Waals surface area contributed by atoms with Crippen molar-refractivity contribution in [1.82, 2.24) is 9.80 Å². The summed E-state index contributed by atoms with van der Waals surface area (Å²) in [5.41, 5.74) is -1.94. The van der Waals surface area contributed by atoms with Crippen molar-refractivity contribution in [3.05, 3.63) is 51.6 Å². The number of fused-ring (bicyclic) bond motifs is 3. The Kier molecular flexibility index (Phi) is 9.61. The molecule has 0 amide bonds. The molecule has 2 aliphatic heterocycles. The summed E-state index contributed by atoms with van der Waals surface area (Å²) in [5, 5.41) is 56.1. The molecule has 49 heavy (non-hydrogen) atoms. The molecule has 6 rings (SSSR count). The Balaban J connectivity index is 1.49. The number of aliphatic hydroxyl groups excluding tert-OH is 2. The summed E-state index contributed by atoms with van der Waals surface area (Å²) in [6, 6.07) is 3.52. The van der Waals surface area contributed by atoms with Gasteiger partial charge < -0.3 is 54.3 Å². The number of rotatable bonds is 7. The topological polar surface area (TPSA) is 179 Å². The van der Waals surface area contributed by atoms with Crippen LogP contribution >= 0.6 is 0 Å². The summed E-state index contributed by atoms with van der Waals surface area (Å²) >= 11 is 0. The molecular weight excluding hydrogens is 636 g/mol. The molecule has 0 aromatic heterocycles. The minimum absolute atomic E-state index is 0.0939. The van der Waals surface area contributed by atoms with Crippen molar-refractivity contribution < 1.29 is 54.1 Å². The van der Waals surface area contributed by atoms with Gasteiger partial charge in [0.05, 0.1) is 41.1 Å². The van der Waals surface area contributed by atoms with Crippen LogP contribution in [0.2, 0.25) is 0 Å². The van der Waals surface area contributed by atoms with Gasteiger partial charge in [-0.1, -0.05) is 19.1 Å². The number of benzene rings is 2. The highest BCUT2D eigenvalue weighted by molar-refractivity contribution is 6.31. The Hall–Kier alpha value is -3.14. The van der Waals surface area contributed by atoms with Crippen molar-refractivity contribution in [3.8, 4) is 17.2 Å². The zero-order chi connectivity index (χ0) is 35.7. The molecule has 13 nitrogen and oxygen atoms in total. The second-order valence-corrected chi connectivity index (χ2v) is 14.3. The van der Waals surface area contributed by atoms with Crippen molar-refractivity contribution in [1.29, 1.82) is 0 Å². The Morgan fingerprint density at radius 2 is 1.41 bits per heavy atom. The van der Waals surface area contributed by atoms with Crippen LogP contribution in [-0.2, 0) is 25.4 Å². The molecular formula is C36H48N2O11. The zero-order valence-electron chi connectivity index (χ0n) is 29.0. The average Bonchev–Trinajstić information content (AvgIpc) is 3.05. The molecule has 0 bridgehead atoms. The first-order valence-corrected chi connectivity index (χ1v) is 17.0. The minimum atomic E-state index is -1.19. The molecule has 0 saturated carbocycles. The van der Waals surface area contributed by atoms with Crippen molar-refractivity contribution >= 4 is 11.6 Å². The van der Waals surface area contributed by atoms with Crippen LogP contribution in [0.1, 0.15) is 95.5 Å². The maximum absolute atomic E-state index is 14.0. The first-order valence-electron chi connectivity index (χ1n) is 17.0. The lowest BCUT2D eigenvalue weighted by atomic mass is 9.71. The summed E-state index contributed by atoms with van der Waals surface area (Å²) in [6.07, 6.45) is -4.16. The number of likely N-dealkylation sites (N-methyl/N-ethyl adjacent to an activating group) is 2. The molecule has 2 aromatic carbocycles. The van der Waals surface area contributed by atoms with Gasteiger partial charge in [0.15, 0.2) is 18.4 Å². The SMILES string of the molecule is CC[C@@]1(O[C@H]2C[C@H](N(C)C)[C@H](O)[C@H](C)O2)CCc2c(O)c3c(c(O)c2[C@H]1O[C@H]1C[C@H](N(C)C)[C@H](O)[C@H](C)O1)C(=O)c1cccc(O)c1C3=O. The van der Waals surface area contributed by atoms with E-state index in [1.807, 2.05) is 44.9 Å². The van der Waals surface area contributed by atoms with E-state index in [4.69, 9.17) is 18.9 Å². The monoisotopic (exact) mass is 684 g/mol. The van der Waals surface area contributed by atoms with Gasteiger partial charge in [-0.05, 0) is 67.4 Å². The van der Waals surface area contributed by atoms with E-state index < -0.39 is 77.5 Å². The number of carbonyl (C=O) groups excluding carboxylic acids is 2. The first-order chi connectivity index (χ1) is 23.1. The van der Waals surface area contributed by atoms with E-state index in [0.717, 1.165) is 0 Å². The van der Waals surface area contributed by atoms with Gasteiger partial charge in [-0.3, -0.25) is 9.59 Å². The molecule has 2 saturated heterocycles. The van der Waals surface area contributed by atoms with Gasteiger partial charge in [-0.2, -0.15) is 0 Å². The second kappa shape index (κ2) is 13.2. The maximum atomic E-state index is 14.0. The molecule has 2 aliphatic carbocycles. The quantitative estimate of drug-likeness (QED) is 0.230. The predicted octanol–water partition coefficient (Wildman–Crippen LogP) is 2.60. The van der Waals surface area contributed by atoms with Crippen molar-refractivity contribution in [2.24, 2.45) is 0 Å². The van der Waals surface area contributed by atoms with Gasteiger partial charge in [-0.25, -0.2) is 0 Å². The number of aromatic hydroxyl groups is 3. The Bertz CT molecular complexity index is 1630. The van der Waals surface area contributed by atoms with E-state index in [1.54, 1.807) is 13.8 Å². The Morgan fingerprint density at radius 3 is 2.00 bits per heavy atom. The highest BCUT2D eigenvalue weighted by atomic mass is 16.7. The standard InChI is InChI=1S/C36H48N2O11/c1-8-36(49-24-15-21(38(6)7)30(41)17(3)47-24)13-12-19-26(35(36)48-23-14-20(37(4)5)29(40)16(2)46-23)34(45)28-27(32(19)43)33(44)25-18(31(28)42)10-9-11-22(25)39/h9-11,16-17,20-21,23-24,29-30,35,39-41,43,45H,8,12-15H2,1-7H3/t16-,17-,20-,21-,23-,24-,29+,30+,35+,36+/m0/s1. The van der Waals surface area contributed by atoms with Crippen LogP contribution in [-0.4, -0.2) is 130 Å². The molecule has 2 heterocycles. The third-order valence-corrected chi connectivity index (χ3v) is 11.0. The number of hydrogen-bond acceptors (Lipinski definition) is 13. The normalized spacial score (nSPS) is 34.6. The highest BCUT2D eigenvalue weighted by Gasteiger charge is 2.53. The maximum Gasteiger partial charge on any atom is 0.202 e. The van der Waals surface area contributed by atoms with Gasteiger partial charge in [0.1, 0.15) is 29.0 Å². The van der Waals surface area contributed by atoms with Crippen molar-refractivity contribution in [3.63, 3.8) is 0 Å². The third-order valence-electron chi connectivity index (χ3n) is 11.0. The fourth-order valence-electron chi connectivity index (χ4n) is 8.15. The minimum Gasteiger partial charge on any atom is -0.507 e. The molecule has 4 aliphatic rings. The summed E-state index contributed by atoms with van der Waals surface area (Å²) in [4.78, 5) is 31.5. The molecule has 5 N–H and O–H groups in total. The van der Waals surface area contributed by atoms with E-state index in [1.165, 1.54) is 18.2 Å². The number of phenols is 3. The number of phenolic OH excluding ortho intramolecular Hbond substituents is 3. The smallest absolute Gasteiger partial charge is 0.202 e. The summed E-state index contributed by atoms with van der Waals surface area (Å²) < 4.78 is 26.0. The summed E-state index contributed by atoms with van der Waals surface area (Å²) in [6.45, 7) is 5.43. The summed E-state index contributed by atoms with van der Waals surface area (Å²) in [5.74, 6) is -2.89. The molecule has 0 unspecified atom stereocenters. The summed E-state index contributed by atoms with van der Waals surface area (Å²) in [7, 11) is 7.45. The van der Waals surface area contributed by atoms with Crippen LogP contribution in [0.4, 0.5) is 0 Å². The average molecular weight is 685 g/mol. The molecule has 13 heteroatoms. The van der Waals surface area contributed by atoms with Crippen LogP contribution in [0.15, 0.2) is 18.2 Å². The molecule has 2 aromatic rings. The fraction of sp³-hybridized carbons (Fsp3) is 0.611. The molecule has 0 radical (unpaired) electrons. The van der Waals surface area contributed by atoms with E-state index in [-0.39, 0.29) is 64.7 Å². The lowest BCUT2D eigenvalue weighted by Gasteiger charge is -2.50. The van der Waals surface area contributed by atoms with E-state index in [9.17, 15) is 35.1 Å². The predicted molar refractivity (Wildman–Crippen MR) is 176 cm³/mol. The third kappa shape index (κ3) is 5.83. The number of ether oxygens (including phenoxy) is 4. The number of aliphatic hydroxyl groups is 2. The first kappa shape index (κ1) is 35.7.